The van der Waals surface area contributed by atoms with Crippen LogP contribution in [0.3, 0.4) is 0 Å². The van der Waals surface area contributed by atoms with E-state index >= 15 is 4.39 Å². The Morgan fingerprint density at radius 2 is 1.80 bits per heavy atom. The molecule has 266 valence electrons. The van der Waals surface area contributed by atoms with Crippen LogP contribution < -0.4 is 4.74 Å². The number of pyridine rings is 2. The number of ether oxygens (including phenoxy) is 2. The summed E-state index contributed by atoms with van der Waals surface area (Å²) in [7, 11) is -1.53. The summed E-state index contributed by atoms with van der Waals surface area (Å²) in [5.74, 6) is -1.82. The number of carboxylic acid groups (broad SMARTS) is 1. The standard InChI is InChI=1S/C36H42FN5O7S/c1-20-23-9-8-16-48-31(23)26(37)18-24(20)30-25-19-28(40(6)33(25)39-21(2)29(30)32(35(44)45)49-36(3,4)5)22-10-11-38-27(17-22)34(43)41-12-14-42(15-13-41)50(7,46)47/h10-11,17-19,32H,8-9,12-16H2,1-7H3,(H,44,45). The van der Waals surface area contributed by atoms with Crippen LogP contribution >= 0.6 is 0 Å². The van der Waals surface area contributed by atoms with Crippen molar-refractivity contribution in [3.63, 3.8) is 0 Å². The summed E-state index contributed by atoms with van der Waals surface area (Å²) in [6, 6.07) is 6.73. The lowest BCUT2D eigenvalue weighted by Gasteiger charge is -2.33. The van der Waals surface area contributed by atoms with Crippen LogP contribution in [-0.4, -0.2) is 93.8 Å². The van der Waals surface area contributed by atoms with Gasteiger partial charge < -0.3 is 24.0 Å². The third-order valence-electron chi connectivity index (χ3n) is 9.34. The molecule has 2 aliphatic rings. The number of hydrogen-bond donors (Lipinski definition) is 1. The van der Waals surface area contributed by atoms with Gasteiger partial charge in [0.25, 0.3) is 5.91 Å². The minimum atomic E-state index is -3.36. The number of carbonyl (C=O) groups is 2. The molecule has 1 unspecified atom stereocenters. The van der Waals surface area contributed by atoms with Gasteiger partial charge in [0.05, 0.1) is 24.2 Å². The van der Waals surface area contributed by atoms with E-state index in [1.165, 1.54) is 10.4 Å². The number of aryl methyl sites for hydroxylation is 2. The van der Waals surface area contributed by atoms with Gasteiger partial charge in [0.15, 0.2) is 17.7 Å². The molecule has 1 N–H and O–H groups in total. The van der Waals surface area contributed by atoms with E-state index in [-0.39, 0.29) is 43.5 Å². The summed E-state index contributed by atoms with van der Waals surface area (Å²) in [5, 5.41) is 11.1. The number of fused-ring (bicyclic) bond motifs is 2. The minimum absolute atomic E-state index is 0.197. The second-order valence-corrected chi connectivity index (χ2v) is 15.9. The second kappa shape index (κ2) is 13.1. The predicted molar refractivity (Wildman–Crippen MR) is 186 cm³/mol. The summed E-state index contributed by atoms with van der Waals surface area (Å²) < 4.78 is 54.8. The summed E-state index contributed by atoms with van der Waals surface area (Å²) in [4.78, 5) is 37.2. The van der Waals surface area contributed by atoms with E-state index < -0.39 is 33.5 Å². The molecule has 0 aliphatic carbocycles. The highest BCUT2D eigenvalue weighted by molar-refractivity contribution is 7.88. The van der Waals surface area contributed by atoms with Crippen molar-refractivity contribution in [1.82, 2.24) is 23.7 Å². The third-order valence-corrected chi connectivity index (χ3v) is 10.6. The highest BCUT2D eigenvalue weighted by Crippen LogP contribution is 2.45. The van der Waals surface area contributed by atoms with E-state index in [2.05, 4.69) is 4.98 Å². The zero-order valence-corrected chi connectivity index (χ0v) is 30.1. The van der Waals surface area contributed by atoms with Gasteiger partial charge >= 0.3 is 5.97 Å². The smallest absolute Gasteiger partial charge is 0.337 e. The first-order valence-electron chi connectivity index (χ1n) is 16.5. The quantitative estimate of drug-likeness (QED) is 0.279. The zero-order chi connectivity index (χ0) is 36.3. The molecule has 0 radical (unpaired) electrons. The largest absolute Gasteiger partial charge is 0.490 e. The van der Waals surface area contributed by atoms with Gasteiger partial charge in [0.2, 0.25) is 10.0 Å². The molecule has 5 heterocycles. The number of aliphatic carboxylic acids is 1. The molecule has 1 fully saturated rings. The lowest BCUT2D eigenvalue weighted by molar-refractivity contribution is -0.160. The highest BCUT2D eigenvalue weighted by atomic mass is 32.2. The van der Waals surface area contributed by atoms with Crippen LogP contribution in [0.2, 0.25) is 0 Å². The molecular formula is C36H42FN5O7S. The lowest BCUT2D eigenvalue weighted by Crippen LogP contribution is -2.50. The fourth-order valence-corrected chi connectivity index (χ4v) is 7.77. The topological polar surface area (TPSA) is 144 Å². The van der Waals surface area contributed by atoms with Crippen molar-refractivity contribution in [1.29, 1.82) is 0 Å². The number of carboxylic acids is 1. The number of hydrogen-bond acceptors (Lipinski definition) is 8. The monoisotopic (exact) mass is 707 g/mol. The maximum absolute atomic E-state index is 15.8. The molecule has 1 saturated heterocycles. The maximum Gasteiger partial charge on any atom is 0.337 e. The number of aromatic nitrogens is 3. The number of benzene rings is 1. The van der Waals surface area contributed by atoms with Crippen LogP contribution in [0.5, 0.6) is 5.75 Å². The van der Waals surface area contributed by atoms with Crippen molar-refractivity contribution in [2.75, 3.05) is 39.0 Å². The van der Waals surface area contributed by atoms with Gasteiger partial charge in [-0.15, -0.1) is 0 Å². The molecule has 0 spiro atoms. The van der Waals surface area contributed by atoms with Crippen molar-refractivity contribution in [2.45, 2.75) is 59.2 Å². The van der Waals surface area contributed by atoms with Gasteiger partial charge in [-0.05, 0) is 82.9 Å². The van der Waals surface area contributed by atoms with Crippen molar-refractivity contribution < 1.29 is 37.0 Å². The molecular weight excluding hydrogens is 665 g/mol. The number of carbonyl (C=O) groups excluding carboxylic acids is 1. The maximum atomic E-state index is 15.8. The Hall–Kier alpha value is -4.40. The predicted octanol–water partition coefficient (Wildman–Crippen LogP) is 5.04. The summed E-state index contributed by atoms with van der Waals surface area (Å²) in [5.41, 5.74) is 4.54. The van der Waals surface area contributed by atoms with E-state index in [9.17, 15) is 23.1 Å². The molecule has 1 aromatic carbocycles. The van der Waals surface area contributed by atoms with E-state index in [0.29, 0.717) is 57.7 Å². The van der Waals surface area contributed by atoms with Gasteiger partial charge in [-0.1, -0.05) is 0 Å². The first-order chi connectivity index (χ1) is 23.5. The van der Waals surface area contributed by atoms with Gasteiger partial charge in [0, 0.05) is 72.8 Å². The average Bonchev–Trinajstić information content (AvgIpc) is 3.39. The normalized spacial score (nSPS) is 16.3. The molecule has 6 rings (SSSR count). The fraction of sp³-hybridized carbons (Fsp3) is 0.444. The van der Waals surface area contributed by atoms with Gasteiger partial charge in [-0.3, -0.25) is 9.78 Å². The first kappa shape index (κ1) is 35.4. The number of nitrogens with zero attached hydrogens (tertiary/aromatic N) is 5. The number of halogens is 1. The summed E-state index contributed by atoms with van der Waals surface area (Å²) >= 11 is 0. The van der Waals surface area contributed by atoms with Crippen molar-refractivity contribution >= 4 is 32.9 Å². The van der Waals surface area contributed by atoms with Crippen LogP contribution in [0, 0.1) is 19.7 Å². The molecule has 0 saturated carbocycles. The van der Waals surface area contributed by atoms with Crippen molar-refractivity contribution in [3.8, 4) is 28.1 Å². The Morgan fingerprint density at radius 1 is 1.10 bits per heavy atom. The van der Waals surface area contributed by atoms with Crippen LogP contribution in [0.1, 0.15) is 66.2 Å². The van der Waals surface area contributed by atoms with E-state index in [1.54, 1.807) is 50.9 Å². The molecule has 12 nitrogen and oxygen atoms in total. The Morgan fingerprint density at radius 3 is 2.44 bits per heavy atom. The van der Waals surface area contributed by atoms with E-state index in [4.69, 9.17) is 14.5 Å². The Kier molecular flexibility index (Phi) is 9.25. The van der Waals surface area contributed by atoms with Gasteiger partial charge in [0.1, 0.15) is 11.3 Å². The van der Waals surface area contributed by atoms with Crippen molar-refractivity contribution in [3.05, 3.63) is 64.4 Å². The van der Waals surface area contributed by atoms with Crippen LogP contribution in [0.25, 0.3) is 33.4 Å². The lowest BCUT2D eigenvalue weighted by atomic mass is 9.86. The molecule has 50 heavy (non-hydrogen) atoms. The zero-order valence-electron chi connectivity index (χ0n) is 29.3. The number of piperazine rings is 1. The Balaban J connectivity index is 1.52. The van der Waals surface area contributed by atoms with Crippen LogP contribution in [0.4, 0.5) is 4.39 Å². The number of rotatable bonds is 7. The molecule has 14 heteroatoms. The summed E-state index contributed by atoms with van der Waals surface area (Å²) in [6.45, 7) is 10.3. The molecule has 1 atom stereocenters. The minimum Gasteiger partial charge on any atom is -0.490 e. The Labute approximate surface area is 290 Å². The third kappa shape index (κ3) is 6.59. The number of sulfonamides is 1. The molecule has 1 amide bonds. The van der Waals surface area contributed by atoms with Gasteiger partial charge in [-0.25, -0.2) is 22.6 Å². The fourth-order valence-electron chi connectivity index (χ4n) is 6.94. The van der Waals surface area contributed by atoms with E-state index in [0.717, 1.165) is 23.8 Å². The molecule has 3 aromatic heterocycles. The Bertz CT molecular complexity index is 2130. The highest BCUT2D eigenvalue weighted by Gasteiger charge is 2.35. The van der Waals surface area contributed by atoms with Crippen LogP contribution in [-0.2, 0) is 33.0 Å². The molecule has 2 aliphatic heterocycles. The van der Waals surface area contributed by atoms with Gasteiger partial charge in [-0.2, -0.15) is 4.31 Å². The van der Waals surface area contributed by atoms with Crippen LogP contribution in [0.15, 0.2) is 30.5 Å². The summed E-state index contributed by atoms with van der Waals surface area (Å²) in [6.07, 6.45) is 2.63. The van der Waals surface area contributed by atoms with E-state index in [1.807, 2.05) is 24.6 Å². The second-order valence-electron chi connectivity index (χ2n) is 13.9. The van der Waals surface area contributed by atoms with Crippen molar-refractivity contribution in [2.24, 2.45) is 7.05 Å². The molecule has 0 bridgehead atoms. The number of amides is 1. The average molecular weight is 708 g/mol. The first-order valence-corrected chi connectivity index (χ1v) is 18.4. The molecule has 4 aromatic rings. The SMILES string of the molecule is Cc1nc2c(cc(-c3ccnc(C(=O)N4CCN(S(C)(=O)=O)CC4)c3)n2C)c(-c2cc(F)c3c(c2C)CCCO3)c1C(OC(C)(C)C)C(=O)O.